The lowest BCUT2D eigenvalue weighted by atomic mass is 10.2. The molecule has 106 valence electrons. The van der Waals surface area contributed by atoms with Crippen LogP contribution >= 0.6 is 0 Å². The third kappa shape index (κ3) is 3.30. The fourth-order valence-electron chi connectivity index (χ4n) is 1.82. The lowest BCUT2D eigenvalue weighted by Gasteiger charge is -2.07. The van der Waals surface area contributed by atoms with Crippen LogP contribution in [0.3, 0.4) is 0 Å². The minimum Gasteiger partial charge on any atom is -0.368 e. The Balaban J connectivity index is 1.68. The molecule has 0 saturated heterocycles. The van der Waals surface area contributed by atoms with Crippen molar-refractivity contribution >= 4 is 11.9 Å². The SMILES string of the molecule is Nc1nc(NCCc2cccnc2)nc(-n2ccnc2)n1. The second-order valence-electron chi connectivity index (χ2n) is 4.33. The number of aromatic nitrogens is 6. The molecule has 0 aromatic carbocycles. The van der Waals surface area contributed by atoms with Gasteiger partial charge in [0.2, 0.25) is 17.8 Å². The Kier molecular flexibility index (Phi) is 3.68. The number of nitrogen functional groups attached to an aromatic ring is 1. The van der Waals surface area contributed by atoms with Crippen LogP contribution in [0.1, 0.15) is 5.56 Å². The van der Waals surface area contributed by atoms with Crippen LogP contribution in [0.15, 0.2) is 43.2 Å². The van der Waals surface area contributed by atoms with Crippen molar-refractivity contribution in [2.24, 2.45) is 0 Å². The molecule has 8 nitrogen and oxygen atoms in total. The van der Waals surface area contributed by atoms with E-state index in [1.165, 1.54) is 0 Å². The van der Waals surface area contributed by atoms with Crippen LogP contribution in [0, 0.1) is 0 Å². The number of nitrogens with zero attached hydrogens (tertiary/aromatic N) is 6. The molecule has 3 rings (SSSR count). The summed E-state index contributed by atoms with van der Waals surface area (Å²) in [4.78, 5) is 20.5. The fraction of sp³-hybridized carbons (Fsp3) is 0.154. The van der Waals surface area contributed by atoms with E-state index in [9.17, 15) is 0 Å². The predicted molar refractivity (Wildman–Crippen MR) is 77.8 cm³/mol. The van der Waals surface area contributed by atoms with Gasteiger partial charge in [-0.15, -0.1) is 0 Å². The highest BCUT2D eigenvalue weighted by Crippen LogP contribution is 2.07. The van der Waals surface area contributed by atoms with Crippen LogP contribution < -0.4 is 11.1 Å². The average Bonchev–Trinajstić information content (AvgIpc) is 3.02. The minimum absolute atomic E-state index is 0.164. The topological polar surface area (TPSA) is 107 Å². The van der Waals surface area contributed by atoms with E-state index in [1.807, 2.05) is 18.3 Å². The van der Waals surface area contributed by atoms with Crippen molar-refractivity contribution in [3.63, 3.8) is 0 Å². The van der Waals surface area contributed by atoms with Gasteiger partial charge in [-0.3, -0.25) is 9.55 Å². The highest BCUT2D eigenvalue weighted by atomic mass is 15.3. The first kappa shape index (κ1) is 13.0. The quantitative estimate of drug-likeness (QED) is 0.708. The van der Waals surface area contributed by atoms with E-state index in [0.717, 1.165) is 12.0 Å². The number of nitrogens with one attached hydrogen (secondary N) is 1. The number of nitrogens with two attached hydrogens (primary N) is 1. The Labute approximate surface area is 121 Å². The number of pyridine rings is 1. The van der Waals surface area contributed by atoms with Gasteiger partial charge in [-0.25, -0.2) is 4.98 Å². The number of hydrogen-bond acceptors (Lipinski definition) is 7. The Morgan fingerprint density at radius 2 is 2.10 bits per heavy atom. The van der Waals surface area contributed by atoms with Crippen LogP contribution in [0.4, 0.5) is 11.9 Å². The first-order valence-corrected chi connectivity index (χ1v) is 6.44. The Bertz CT molecular complexity index is 695. The van der Waals surface area contributed by atoms with Crippen molar-refractivity contribution in [2.45, 2.75) is 6.42 Å². The Morgan fingerprint density at radius 3 is 2.86 bits per heavy atom. The Morgan fingerprint density at radius 1 is 1.14 bits per heavy atom. The summed E-state index contributed by atoms with van der Waals surface area (Å²) in [6.45, 7) is 0.679. The molecule has 0 aliphatic carbocycles. The molecule has 0 fully saturated rings. The third-order valence-electron chi connectivity index (χ3n) is 2.80. The summed E-state index contributed by atoms with van der Waals surface area (Å²) in [5, 5.41) is 3.13. The van der Waals surface area contributed by atoms with Gasteiger partial charge in [0.05, 0.1) is 0 Å². The molecule has 3 N–H and O–H groups in total. The van der Waals surface area contributed by atoms with Gasteiger partial charge in [0.1, 0.15) is 6.33 Å². The zero-order valence-corrected chi connectivity index (χ0v) is 11.2. The molecular weight excluding hydrogens is 268 g/mol. The van der Waals surface area contributed by atoms with Crippen LogP contribution in [0.2, 0.25) is 0 Å². The van der Waals surface area contributed by atoms with Crippen molar-refractivity contribution in [2.75, 3.05) is 17.6 Å². The largest absolute Gasteiger partial charge is 0.368 e. The number of hydrogen-bond donors (Lipinski definition) is 2. The van der Waals surface area contributed by atoms with Gasteiger partial charge in [-0.2, -0.15) is 15.0 Å². The summed E-state index contributed by atoms with van der Waals surface area (Å²) in [6, 6.07) is 3.93. The van der Waals surface area contributed by atoms with Gasteiger partial charge in [0, 0.05) is 31.3 Å². The summed E-state index contributed by atoms with van der Waals surface area (Å²) in [5.74, 6) is 1.04. The van der Waals surface area contributed by atoms with Crippen molar-refractivity contribution in [3.05, 3.63) is 48.8 Å². The molecule has 3 heterocycles. The van der Waals surface area contributed by atoms with E-state index < -0.39 is 0 Å². The monoisotopic (exact) mass is 282 g/mol. The average molecular weight is 282 g/mol. The summed E-state index contributed by atoms with van der Waals surface area (Å²) >= 11 is 0. The number of rotatable bonds is 5. The first-order valence-electron chi connectivity index (χ1n) is 6.44. The maximum atomic E-state index is 5.70. The minimum atomic E-state index is 0.164. The van der Waals surface area contributed by atoms with Crippen LogP contribution in [-0.2, 0) is 6.42 Å². The highest BCUT2D eigenvalue weighted by Gasteiger charge is 2.05. The van der Waals surface area contributed by atoms with Gasteiger partial charge in [0.25, 0.3) is 0 Å². The molecule has 3 aromatic heterocycles. The van der Waals surface area contributed by atoms with Crippen molar-refractivity contribution in [1.29, 1.82) is 0 Å². The molecule has 8 heteroatoms. The van der Waals surface area contributed by atoms with E-state index in [-0.39, 0.29) is 5.95 Å². The van der Waals surface area contributed by atoms with Crippen LogP contribution in [0.5, 0.6) is 0 Å². The first-order chi connectivity index (χ1) is 10.3. The summed E-state index contributed by atoms with van der Waals surface area (Å²) in [6.07, 6.45) is 9.40. The fourth-order valence-corrected chi connectivity index (χ4v) is 1.82. The molecule has 3 aromatic rings. The van der Waals surface area contributed by atoms with Crippen molar-refractivity contribution in [3.8, 4) is 5.95 Å². The standard InChI is InChI=1S/C13H14N8/c14-11-18-12(17-5-3-10-2-1-4-15-8-10)20-13(19-11)21-7-6-16-9-21/h1-2,4,6-9H,3,5H2,(H3,14,17,18,19,20). The molecular formula is C13H14N8. The second kappa shape index (κ2) is 5.95. The molecule has 0 saturated carbocycles. The normalized spacial score (nSPS) is 10.5. The van der Waals surface area contributed by atoms with E-state index in [4.69, 9.17) is 5.73 Å². The summed E-state index contributed by atoms with van der Waals surface area (Å²) in [5.41, 5.74) is 6.84. The predicted octanol–water partition coefficient (Wildman–Crippen LogP) is 0.689. The molecule has 0 radical (unpaired) electrons. The third-order valence-corrected chi connectivity index (χ3v) is 2.80. The van der Waals surface area contributed by atoms with Gasteiger partial charge in [-0.1, -0.05) is 6.07 Å². The number of anilines is 2. The maximum absolute atomic E-state index is 5.70. The van der Waals surface area contributed by atoms with Gasteiger partial charge < -0.3 is 11.1 Å². The highest BCUT2D eigenvalue weighted by molar-refractivity contribution is 5.35. The molecule has 0 aliphatic rings. The molecule has 0 spiro atoms. The summed E-state index contributed by atoms with van der Waals surface area (Å²) in [7, 11) is 0. The second-order valence-corrected chi connectivity index (χ2v) is 4.33. The number of imidazole rings is 1. The Hall–Kier alpha value is -3.03. The molecule has 0 bridgehead atoms. The van der Waals surface area contributed by atoms with Gasteiger partial charge in [-0.05, 0) is 18.1 Å². The zero-order chi connectivity index (χ0) is 14.5. The lowest BCUT2D eigenvalue weighted by molar-refractivity contribution is 0.889. The van der Waals surface area contributed by atoms with Crippen molar-refractivity contribution < 1.29 is 0 Å². The summed E-state index contributed by atoms with van der Waals surface area (Å²) < 4.78 is 1.67. The molecule has 0 atom stereocenters. The maximum Gasteiger partial charge on any atom is 0.241 e. The molecule has 0 unspecified atom stereocenters. The van der Waals surface area contributed by atoms with Gasteiger partial charge >= 0.3 is 0 Å². The van der Waals surface area contributed by atoms with E-state index in [2.05, 4.69) is 30.2 Å². The molecule has 0 amide bonds. The van der Waals surface area contributed by atoms with Crippen molar-refractivity contribution in [1.82, 2.24) is 29.5 Å². The van der Waals surface area contributed by atoms with Crippen LogP contribution in [-0.4, -0.2) is 36.0 Å². The van der Waals surface area contributed by atoms with Gasteiger partial charge in [0.15, 0.2) is 0 Å². The van der Waals surface area contributed by atoms with E-state index in [0.29, 0.717) is 18.4 Å². The lowest BCUT2D eigenvalue weighted by Crippen LogP contribution is -2.12. The van der Waals surface area contributed by atoms with E-state index in [1.54, 1.807) is 29.5 Å². The molecule has 21 heavy (non-hydrogen) atoms. The van der Waals surface area contributed by atoms with Crippen LogP contribution in [0.25, 0.3) is 5.95 Å². The van der Waals surface area contributed by atoms with E-state index >= 15 is 0 Å². The smallest absolute Gasteiger partial charge is 0.241 e. The molecule has 0 aliphatic heterocycles. The zero-order valence-electron chi connectivity index (χ0n) is 11.2.